The van der Waals surface area contributed by atoms with E-state index < -0.39 is 70.1 Å². The number of hydrogen-bond donors (Lipinski definition) is 1. The number of aliphatic hydroxyl groups excluding tert-OH is 1. The van der Waals surface area contributed by atoms with E-state index in [4.69, 9.17) is 63.2 Å². The summed E-state index contributed by atoms with van der Waals surface area (Å²) in [6.45, 7) is 14.5. The van der Waals surface area contributed by atoms with Gasteiger partial charge >= 0.3 is 24.1 Å². The molecular weight excluding hydrogens is 891 g/mol. The Balaban J connectivity index is 0.000000191. The number of methoxy groups -OCH3 is 2. The number of benzene rings is 2. The molecule has 6 heterocycles. The minimum Gasteiger partial charge on any atom is -0.483 e. The van der Waals surface area contributed by atoms with Crippen molar-refractivity contribution in [2.24, 2.45) is 0 Å². The molecule has 18 heteroatoms. The first-order valence-corrected chi connectivity index (χ1v) is 22.1. The number of carbonyl (C=O) groups is 4. The predicted octanol–water partition coefficient (Wildman–Crippen LogP) is 9.11. The predicted molar refractivity (Wildman–Crippen MR) is 239 cm³/mol. The van der Waals surface area contributed by atoms with Crippen molar-refractivity contribution in [2.45, 2.75) is 127 Å². The van der Waals surface area contributed by atoms with Crippen molar-refractivity contribution >= 4 is 80.7 Å². The molecule has 2 saturated heterocycles. The third-order valence-electron chi connectivity index (χ3n) is 11.6. The Bertz CT molecular complexity index is 2370. The molecule has 6 atom stereocenters. The van der Waals surface area contributed by atoms with Crippen LogP contribution in [0.3, 0.4) is 0 Å². The number of aliphatic hydroxyl groups is 1. The first kappa shape index (κ1) is 47.1. The number of amides is 2. The molecule has 2 fully saturated rings. The molecule has 15 nitrogen and oxygen atoms in total. The normalized spacial score (nSPS) is 24.9. The molecule has 0 radical (unpaired) electrons. The van der Waals surface area contributed by atoms with Crippen LogP contribution in [0.1, 0.15) is 101 Å². The molecule has 4 aromatic rings. The van der Waals surface area contributed by atoms with Gasteiger partial charge in [-0.15, -0.1) is 11.6 Å². The van der Waals surface area contributed by atoms with Crippen LogP contribution in [0, 0.1) is 13.8 Å². The van der Waals surface area contributed by atoms with Crippen LogP contribution in [0.25, 0.3) is 21.8 Å². The second-order valence-electron chi connectivity index (χ2n) is 18.9. The van der Waals surface area contributed by atoms with Crippen LogP contribution in [0.15, 0.2) is 36.4 Å². The SMILES string of the molecule is COC(=O)[C@@H]1CC2(CC(Cl)c3c(c(C)nc4ccc(Cl)cc34)O2)CN1C(=O)OC(C)(C)C.COC(=O)[C@@H]1CC2(CC(O)c3c(c(C)nc4ccc(Cl)cc34)O2)CN1C(=O)OC(C)(C)C. The standard InChI is InChI=1S/C23H26Cl2N2O5.C23H27ClN2O6/c1-12-19-18(14-8-13(24)6-7-16(14)26-12)15(25)9-23(31-19)10-17(20(28)30-5)27(11-23)21(29)32-22(2,3)4;1-12-19-18(14-8-13(24)6-7-15(14)25-12)17(27)10-23(31-19)9-16(20(28)30-5)26(11-23)21(29)32-22(2,3)4/h6-8,15,17H,9-11H2,1-5H3;6-8,16-17,27H,9-11H2,1-5H3/t15?,17-,23?;16-,17?,23?/m00/s1. The zero-order valence-corrected chi connectivity index (χ0v) is 39.7. The molecule has 8 rings (SSSR count). The summed E-state index contributed by atoms with van der Waals surface area (Å²) in [6, 6.07) is 9.06. The Morgan fingerprint density at radius 1 is 0.688 bits per heavy atom. The Kier molecular flexibility index (Phi) is 12.7. The zero-order chi connectivity index (χ0) is 46.8. The van der Waals surface area contributed by atoms with Gasteiger partial charge in [0.2, 0.25) is 0 Å². The van der Waals surface area contributed by atoms with Crippen molar-refractivity contribution in [3.05, 3.63) is 69.0 Å². The van der Waals surface area contributed by atoms with E-state index >= 15 is 0 Å². The van der Waals surface area contributed by atoms with E-state index in [-0.39, 0.29) is 32.4 Å². The highest BCUT2D eigenvalue weighted by molar-refractivity contribution is 6.31. The number of ether oxygens (including phenoxy) is 6. The van der Waals surface area contributed by atoms with Crippen molar-refractivity contribution in [1.82, 2.24) is 19.8 Å². The van der Waals surface area contributed by atoms with E-state index in [1.807, 2.05) is 19.1 Å². The highest BCUT2D eigenvalue weighted by atomic mass is 35.5. The van der Waals surface area contributed by atoms with E-state index in [1.54, 1.807) is 72.7 Å². The first-order valence-electron chi connectivity index (χ1n) is 20.9. The summed E-state index contributed by atoms with van der Waals surface area (Å²) in [7, 11) is 2.57. The summed E-state index contributed by atoms with van der Waals surface area (Å²) in [6.07, 6.45) is -1.11. The van der Waals surface area contributed by atoms with Gasteiger partial charge in [0.15, 0.2) is 0 Å². The van der Waals surface area contributed by atoms with Gasteiger partial charge in [0.25, 0.3) is 0 Å². The van der Waals surface area contributed by atoms with Crippen molar-refractivity contribution < 1.29 is 52.7 Å². The van der Waals surface area contributed by atoms with Crippen LogP contribution in [-0.4, -0.2) is 111 Å². The number of aryl methyl sites for hydroxylation is 2. The number of aromatic nitrogens is 2. The van der Waals surface area contributed by atoms with E-state index in [9.17, 15) is 24.3 Å². The molecule has 4 unspecified atom stereocenters. The van der Waals surface area contributed by atoms with E-state index in [1.165, 1.54) is 24.0 Å². The number of halogens is 3. The topological polar surface area (TPSA) is 176 Å². The lowest BCUT2D eigenvalue weighted by atomic mass is 9.85. The van der Waals surface area contributed by atoms with Gasteiger partial charge in [0.1, 0.15) is 46.0 Å². The number of alkyl halides is 1. The largest absolute Gasteiger partial charge is 0.483 e. The minimum absolute atomic E-state index is 0.0746. The van der Waals surface area contributed by atoms with Gasteiger partial charge in [-0.3, -0.25) is 9.80 Å². The summed E-state index contributed by atoms with van der Waals surface area (Å²) < 4.78 is 33.9. The van der Waals surface area contributed by atoms with Gasteiger partial charge in [0.05, 0.1) is 61.2 Å². The molecule has 0 bridgehead atoms. The zero-order valence-electron chi connectivity index (χ0n) is 37.5. The fourth-order valence-electron chi connectivity index (χ4n) is 9.10. The van der Waals surface area contributed by atoms with Crippen molar-refractivity contribution in [3.8, 4) is 11.5 Å². The molecule has 2 spiro atoms. The molecule has 0 saturated carbocycles. The lowest BCUT2D eigenvalue weighted by molar-refractivity contribution is -0.146. The molecule has 2 aromatic heterocycles. The van der Waals surface area contributed by atoms with E-state index in [0.717, 1.165) is 16.5 Å². The van der Waals surface area contributed by atoms with Gasteiger partial charge in [0, 0.05) is 57.6 Å². The molecule has 344 valence electrons. The summed E-state index contributed by atoms with van der Waals surface area (Å²) in [4.78, 5) is 62.8. The van der Waals surface area contributed by atoms with Crippen molar-refractivity contribution in [3.63, 3.8) is 0 Å². The molecule has 64 heavy (non-hydrogen) atoms. The number of fused-ring (bicyclic) bond motifs is 6. The second-order valence-corrected chi connectivity index (χ2v) is 20.3. The summed E-state index contributed by atoms with van der Waals surface area (Å²) >= 11 is 19.3. The molecule has 1 N–H and O–H groups in total. The van der Waals surface area contributed by atoms with Gasteiger partial charge in [-0.2, -0.15) is 0 Å². The number of hydrogen-bond acceptors (Lipinski definition) is 13. The van der Waals surface area contributed by atoms with Gasteiger partial charge in [-0.25, -0.2) is 29.1 Å². The number of likely N-dealkylation sites (tertiary alicyclic amines) is 2. The van der Waals surface area contributed by atoms with Gasteiger partial charge in [-0.05, 0) is 91.8 Å². The maximum atomic E-state index is 12.9. The van der Waals surface area contributed by atoms with E-state index in [2.05, 4.69) is 9.97 Å². The van der Waals surface area contributed by atoms with Crippen LogP contribution in [-0.2, 0) is 28.5 Å². The Morgan fingerprint density at radius 3 is 1.52 bits per heavy atom. The molecule has 0 aliphatic carbocycles. The Hall–Kier alpha value is -4.83. The quantitative estimate of drug-likeness (QED) is 0.115. The van der Waals surface area contributed by atoms with Crippen molar-refractivity contribution in [1.29, 1.82) is 0 Å². The first-order chi connectivity index (χ1) is 29.9. The van der Waals surface area contributed by atoms with Crippen LogP contribution >= 0.6 is 34.8 Å². The molecule has 2 aromatic carbocycles. The number of pyridine rings is 2. The highest BCUT2D eigenvalue weighted by Gasteiger charge is 2.57. The number of nitrogens with zero attached hydrogens (tertiary/aromatic N) is 4. The van der Waals surface area contributed by atoms with Gasteiger partial charge < -0.3 is 33.5 Å². The maximum Gasteiger partial charge on any atom is 0.411 e. The molecular formula is C46H53Cl3N4O11. The number of esters is 2. The second kappa shape index (κ2) is 17.2. The lowest BCUT2D eigenvalue weighted by Gasteiger charge is -2.39. The van der Waals surface area contributed by atoms with E-state index in [0.29, 0.717) is 55.8 Å². The Morgan fingerprint density at radius 2 is 1.09 bits per heavy atom. The third-order valence-corrected chi connectivity index (χ3v) is 12.5. The number of carbonyl (C=O) groups excluding carboxylic acids is 4. The van der Waals surface area contributed by atoms with Gasteiger partial charge in [-0.1, -0.05) is 23.2 Å². The number of rotatable bonds is 2. The summed E-state index contributed by atoms with van der Waals surface area (Å²) in [5.41, 5.74) is 0.937. The van der Waals surface area contributed by atoms with Crippen LogP contribution in [0.4, 0.5) is 9.59 Å². The fraction of sp³-hybridized carbons (Fsp3) is 0.522. The minimum atomic E-state index is -0.985. The van der Waals surface area contributed by atoms with Crippen LogP contribution < -0.4 is 9.47 Å². The average molecular weight is 944 g/mol. The smallest absolute Gasteiger partial charge is 0.411 e. The third kappa shape index (κ3) is 9.31. The highest BCUT2D eigenvalue weighted by Crippen LogP contribution is 2.52. The Labute approximate surface area is 386 Å². The van der Waals surface area contributed by atoms with Crippen LogP contribution in [0.5, 0.6) is 11.5 Å². The average Bonchev–Trinajstić information content (AvgIpc) is 3.75. The maximum absolute atomic E-state index is 12.9. The fourth-order valence-corrected chi connectivity index (χ4v) is 9.94. The molecule has 4 aliphatic heterocycles. The molecule has 4 aliphatic rings. The molecule has 2 amide bonds. The summed E-state index contributed by atoms with van der Waals surface area (Å²) in [5.74, 6) is -0.0565. The van der Waals surface area contributed by atoms with Crippen LogP contribution in [0.2, 0.25) is 10.0 Å². The van der Waals surface area contributed by atoms with Crippen molar-refractivity contribution in [2.75, 3.05) is 27.3 Å². The lowest BCUT2D eigenvalue weighted by Crippen LogP contribution is -2.46. The monoisotopic (exact) mass is 942 g/mol. The summed E-state index contributed by atoms with van der Waals surface area (Å²) in [5, 5.41) is 13.4.